The second-order valence-electron chi connectivity index (χ2n) is 4.94. The summed E-state index contributed by atoms with van der Waals surface area (Å²) in [7, 11) is -4.57. The Kier molecular flexibility index (Phi) is 7.05. The molecule has 4 N–H and O–H groups in total. The van der Waals surface area contributed by atoms with E-state index in [0.29, 0.717) is 12.1 Å². The summed E-state index contributed by atoms with van der Waals surface area (Å²) in [6, 6.07) is 5.79. The summed E-state index contributed by atoms with van der Waals surface area (Å²) < 4.78 is 10.9. The van der Waals surface area contributed by atoms with E-state index >= 15 is 0 Å². The van der Waals surface area contributed by atoms with Gasteiger partial charge in [0.2, 0.25) is 5.91 Å². The van der Waals surface area contributed by atoms with Crippen molar-refractivity contribution < 1.29 is 24.3 Å². The van der Waals surface area contributed by atoms with E-state index in [1.807, 2.05) is 0 Å². The van der Waals surface area contributed by atoms with Crippen molar-refractivity contribution in [2.45, 2.75) is 44.9 Å². The second kappa shape index (κ2) is 8.29. The van der Waals surface area contributed by atoms with Crippen LogP contribution in [0.15, 0.2) is 24.3 Å². The van der Waals surface area contributed by atoms with Gasteiger partial charge in [0, 0.05) is 12.1 Å². The van der Waals surface area contributed by atoms with Crippen LogP contribution >= 0.6 is 7.60 Å². The lowest BCUT2D eigenvalue weighted by Crippen LogP contribution is -2.11. The van der Waals surface area contributed by atoms with Crippen molar-refractivity contribution >= 4 is 19.2 Å². The second-order valence-corrected chi connectivity index (χ2v) is 6.61. The number of hydrogen-bond acceptors (Lipinski definition) is 3. The Morgan fingerprint density at radius 1 is 1.19 bits per heavy atom. The highest BCUT2D eigenvalue weighted by molar-refractivity contribution is 7.51. The van der Waals surface area contributed by atoms with Gasteiger partial charge >= 0.3 is 7.60 Å². The number of carbonyl (C=O) groups is 1. The minimum atomic E-state index is -4.57. The summed E-state index contributed by atoms with van der Waals surface area (Å²) in [5, 5.41) is 12.2. The van der Waals surface area contributed by atoms with Crippen molar-refractivity contribution in [3.63, 3.8) is 0 Å². The maximum atomic E-state index is 11.7. The van der Waals surface area contributed by atoms with Gasteiger partial charge in [0.05, 0.1) is 0 Å². The third-order valence-electron chi connectivity index (χ3n) is 3.07. The highest BCUT2D eigenvalue weighted by atomic mass is 31.2. The van der Waals surface area contributed by atoms with E-state index < -0.39 is 13.4 Å². The number of amides is 1. The first-order valence-electron chi connectivity index (χ1n) is 6.97. The molecule has 1 aromatic carbocycles. The molecule has 0 fully saturated rings. The molecule has 1 rings (SSSR count). The van der Waals surface area contributed by atoms with Crippen molar-refractivity contribution in [3.8, 4) is 0 Å². The van der Waals surface area contributed by atoms with Gasteiger partial charge in [-0.25, -0.2) is 0 Å². The average molecular weight is 315 g/mol. The van der Waals surface area contributed by atoms with Crippen LogP contribution in [0.3, 0.4) is 0 Å². The molecule has 1 aromatic rings. The van der Waals surface area contributed by atoms with Gasteiger partial charge in [-0.15, -0.1) is 0 Å². The fraction of sp³-hybridized carbons (Fsp3) is 0.500. The highest BCUT2D eigenvalue weighted by Gasteiger charge is 2.27. The van der Waals surface area contributed by atoms with Crippen LogP contribution in [0.25, 0.3) is 0 Å². The van der Waals surface area contributed by atoms with Crippen LogP contribution < -0.4 is 5.32 Å². The predicted molar refractivity (Wildman–Crippen MR) is 80.8 cm³/mol. The zero-order valence-corrected chi connectivity index (χ0v) is 12.9. The first kappa shape index (κ1) is 17.9. The van der Waals surface area contributed by atoms with Crippen molar-refractivity contribution in [3.05, 3.63) is 29.8 Å². The standard InChI is InChI=1S/C14H22NO5P/c1-2-3-4-5-6-13(16)15-12-9-7-11(8-10-12)14(17)21(18,19)20/h7-10,14,17H,2-6H2,1H3,(H,15,16)(H2,18,19,20). The Bertz CT molecular complexity index is 497. The monoisotopic (exact) mass is 315 g/mol. The highest BCUT2D eigenvalue weighted by Crippen LogP contribution is 2.49. The lowest BCUT2D eigenvalue weighted by molar-refractivity contribution is -0.116. The zero-order chi connectivity index (χ0) is 15.9. The first-order valence-corrected chi connectivity index (χ1v) is 8.66. The number of anilines is 1. The van der Waals surface area contributed by atoms with Crippen molar-refractivity contribution in [2.24, 2.45) is 0 Å². The van der Waals surface area contributed by atoms with Gasteiger partial charge < -0.3 is 20.2 Å². The summed E-state index contributed by atoms with van der Waals surface area (Å²) in [4.78, 5) is 29.4. The van der Waals surface area contributed by atoms with Crippen LogP contribution in [0.1, 0.15) is 50.4 Å². The van der Waals surface area contributed by atoms with Crippen LogP contribution in [0.5, 0.6) is 0 Å². The van der Waals surface area contributed by atoms with Gasteiger partial charge in [-0.2, -0.15) is 0 Å². The van der Waals surface area contributed by atoms with Gasteiger partial charge in [-0.05, 0) is 24.1 Å². The molecule has 0 bridgehead atoms. The number of nitrogens with one attached hydrogen (secondary N) is 1. The number of hydrogen-bond donors (Lipinski definition) is 4. The fourth-order valence-electron chi connectivity index (χ4n) is 1.87. The van der Waals surface area contributed by atoms with E-state index in [4.69, 9.17) is 9.79 Å². The number of benzene rings is 1. The van der Waals surface area contributed by atoms with Crippen LogP contribution in [0, 0.1) is 0 Å². The number of aliphatic hydroxyl groups is 1. The fourth-order valence-corrected chi connectivity index (χ4v) is 2.43. The molecule has 0 heterocycles. The Labute approximate surface area is 124 Å². The van der Waals surface area contributed by atoms with E-state index in [-0.39, 0.29) is 11.5 Å². The summed E-state index contributed by atoms with van der Waals surface area (Å²) in [5.74, 6) is -1.93. The molecule has 0 aliphatic rings. The molecule has 21 heavy (non-hydrogen) atoms. The van der Waals surface area contributed by atoms with Gasteiger partial charge in [-0.3, -0.25) is 9.36 Å². The summed E-state index contributed by atoms with van der Waals surface area (Å²) >= 11 is 0. The van der Waals surface area contributed by atoms with Crippen LogP contribution in [0.4, 0.5) is 5.69 Å². The molecule has 0 spiro atoms. The lowest BCUT2D eigenvalue weighted by Gasteiger charge is -2.13. The summed E-state index contributed by atoms with van der Waals surface area (Å²) in [6.45, 7) is 2.10. The molecule has 118 valence electrons. The molecule has 1 atom stereocenters. The van der Waals surface area contributed by atoms with Gasteiger partial charge in [0.25, 0.3) is 0 Å². The predicted octanol–water partition coefficient (Wildman–Crippen LogP) is 2.76. The topological polar surface area (TPSA) is 107 Å². The zero-order valence-electron chi connectivity index (χ0n) is 12.0. The Hall–Kier alpha value is -1.20. The Balaban J connectivity index is 2.51. The third-order valence-corrected chi connectivity index (χ3v) is 4.00. The van der Waals surface area contributed by atoms with E-state index in [1.54, 1.807) is 0 Å². The van der Waals surface area contributed by atoms with Crippen LogP contribution in [-0.4, -0.2) is 20.8 Å². The molecule has 0 radical (unpaired) electrons. The summed E-state index contributed by atoms with van der Waals surface area (Å²) in [5.41, 5.74) is 0.654. The SMILES string of the molecule is CCCCCCC(=O)Nc1ccc(C(O)P(=O)(O)O)cc1. The molecule has 0 saturated carbocycles. The molecular weight excluding hydrogens is 293 g/mol. The molecular formula is C14H22NO5P. The van der Waals surface area contributed by atoms with Gasteiger partial charge in [-0.1, -0.05) is 38.3 Å². The summed E-state index contributed by atoms with van der Waals surface area (Å²) in [6.07, 6.45) is 4.55. The molecule has 1 unspecified atom stereocenters. The number of carbonyl (C=O) groups excluding carboxylic acids is 1. The van der Waals surface area contributed by atoms with Crippen LogP contribution in [0.2, 0.25) is 0 Å². The number of rotatable bonds is 8. The smallest absolute Gasteiger partial charge is 0.358 e. The van der Waals surface area contributed by atoms with Crippen molar-refractivity contribution in [1.82, 2.24) is 0 Å². The Morgan fingerprint density at radius 3 is 2.33 bits per heavy atom. The molecule has 0 saturated heterocycles. The largest absolute Gasteiger partial charge is 0.376 e. The van der Waals surface area contributed by atoms with Crippen LogP contribution in [-0.2, 0) is 9.36 Å². The van der Waals surface area contributed by atoms with Gasteiger partial charge in [0.1, 0.15) is 0 Å². The average Bonchev–Trinajstić information content (AvgIpc) is 2.43. The van der Waals surface area contributed by atoms with E-state index in [2.05, 4.69) is 12.2 Å². The maximum Gasteiger partial charge on any atom is 0.358 e. The number of aliphatic hydroxyl groups excluding tert-OH is 1. The number of unbranched alkanes of at least 4 members (excludes halogenated alkanes) is 3. The lowest BCUT2D eigenvalue weighted by atomic mass is 10.1. The Morgan fingerprint density at radius 2 is 1.81 bits per heavy atom. The quantitative estimate of drug-likeness (QED) is 0.436. The molecule has 7 heteroatoms. The maximum absolute atomic E-state index is 11.7. The molecule has 1 amide bonds. The van der Waals surface area contributed by atoms with Crippen molar-refractivity contribution in [2.75, 3.05) is 5.32 Å². The van der Waals surface area contributed by atoms with Crippen molar-refractivity contribution in [1.29, 1.82) is 0 Å². The molecule has 6 nitrogen and oxygen atoms in total. The normalized spacial score (nSPS) is 13.0. The first-order chi connectivity index (χ1) is 9.84. The van der Waals surface area contributed by atoms with E-state index in [1.165, 1.54) is 24.3 Å². The molecule has 0 aliphatic carbocycles. The van der Waals surface area contributed by atoms with E-state index in [0.717, 1.165) is 25.7 Å². The molecule has 0 aliphatic heterocycles. The molecule has 0 aromatic heterocycles. The van der Waals surface area contributed by atoms with E-state index in [9.17, 15) is 14.5 Å². The van der Waals surface area contributed by atoms with Gasteiger partial charge in [0.15, 0.2) is 5.85 Å². The minimum Gasteiger partial charge on any atom is -0.376 e. The third kappa shape index (κ3) is 6.40. The minimum absolute atomic E-state index is 0.0885.